The van der Waals surface area contributed by atoms with E-state index < -0.39 is 0 Å². The van der Waals surface area contributed by atoms with Gasteiger partial charge in [0, 0.05) is 13.1 Å². The highest BCUT2D eigenvalue weighted by Gasteiger charge is 2.11. The van der Waals surface area contributed by atoms with Gasteiger partial charge in [0.1, 0.15) is 0 Å². The summed E-state index contributed by atoms with van der Waals surface area (Å²) in [5.41, 5.74) is 5.69. The number of nitrogens with one attached hydrogen (secondary N) is 1. The second kappa shape index (κ2) is 12.0. The minimum Gasteiger partial charge on any atom is -0.376 e. The quantitative estimate of drug-likeness (QED) is 0.249. The number of hydrogen-bond acceptors (Lipinski definition) is 2. The molecule has 3 N–H and O–H groups in total. The van der Waals surface area contributed by atoms with Crippen molar-refractivity contribution >= 4 is 29.9 Å². The first-order valence-corrected chi connectivity index (χ1v) is 6.98. The normalized spacial score (nSPS) is 17.9. The zero-order valence-corrected chi connectivity index (χ0v) is 13.8. The van der Waals surface area contributed by atoms with Crippen LogP contribution >= 0.6 is 24.0 Å². The smallest absolute Gasteiger partial charge is 0.188 e. The van der Waals surface area contributed by atoms with Crippen molar-refractivity contribution in [3.05, 3.63) is 0 Å². The number of hydrogen-bond donors (Lipinski definition) is 2. The Bertz CT molecular complexity index is 216. The molecule has 1 fully saturated rings. The van der Waals surface area contributed by atoms with Crippen molar-refractivity contribution in [2.24, 2.45) is 10.7 Å². The molecule has 0 aliphatic heterocycles. The average Bonchev–Trinajstić information content (AvgIpc) is 2.60. The Labute approximate surface area is 128 Å². The lowest BCUT2D eigenvalue weighted by atomic mass is 10.1. The van der Waals surface area contributed by atoms with Crippen LogP contribution in [0.25, 0.3) is 0 Å². The largest absolute Gasteiger partial charge is 0.376 e. The van der Waals surface area contributed by atoms with E-state index in [0.29, 0.717) is 12.1 Å². The fraction of sp³-hybridized carbons (Fsp3) is 0.923. The summed E-state index contributed by atoms with van der Waals surface area (Å²) < 4.78 is 5.84. The van der Waals surface area contributed by atoms with Crippen LogP contribution < -0.4 is 11.1 Å². The number of ether oxygens (including phenoxy) is 1. The summed E-state index contributed by atoms with van der Waals surface area (Å²) in [7, 11) is 0. The molecule has 0 spiro atoms. The molecule has 18 heavy (non-hydrogen) atoms. The fourth-order valence-electron chi connectivity index (χ4n) is 2.10. The van der Waals surface area contributed by atoms with Crippen LogP contribution in [0.1, 0.15) is 51.9 Å². The molecule has 0 bridgehead atoms. The SMILES string of the molecule is CCCN=C(N)NCCOC1CCCCCC1.I. The number of rotatable bonds is 6. The van der Waals surface area contributed by atoms with E-state index in [1.54, 1.807) is 0 Å². The van der Waals surface area contributed by atoms with Gasteiger partial charge in [0.15, 0.2) is 5.96 Å². The Kier molecular flexibility index (Phi) is 12.0. The zero-order chi connectivity index (χ0) is 12.3. The van der Waals surface area contributed by atoms with Gasteiger partial charge in [-0.3, -0.25) is 4.99 Å². The van der Waals surface area contributed by atoms with Crippen molar-refractivity contribution < 1.29 is 4.74 Å². The Balaban J connectivity index is 0.00000289. The van der Waals surface area contributed by atoms with Crippen LogP contribution in [0.4, 0.5) is 0 Å². The highest BCUT2D eigenvalue weighted by atomic mass is 127. The van der Waals surface area contributed by atoms with E-state index in [-0.39, 0.29) is 24.0 Å². The number of aliphatic imine (C=N–C) groups is 1. The monoisotopic (exact) mass is 369 g/mol. The molecule has 0 saturated heterocycles. The van der Waals surface area contributed by atoms with Crippen LogP contribution in [-0.2, 0) is 4.74 Å². The molecular weight excluding hydrogens is 341 g/mol. The van der Waals surface area contributed by atoms with E-state index in [9.17, 15) is 0 Å². The molecule has 1 aliphatic carbocycles. The lowest BCUT2D eigenvalue weighted by molar-refractivity contribution is 0.0468. The van der Waals surface area contributed by atoms with Gasteiger partial charge >= 0.3 is 0 Å². The maximum absolute atomic E-state index is 5.84. The predicted octanol–water partition coefficient (Wildman–Crippen LogP) is 2.66. The van der Waals surface area contributed by atoms with Crippen LogP contribution in [0.3, 0.4) is 0 Å². The third kappa shape index (κ3) is 8.97. The average molecular weight is 369 g/mol. The summed E-state index contributed by atoms with van der Waals surface area (Å²) in [5.74, 6) is 0.538. The molecule has 0 aromatic rings. The summed E-state index contributed by atoms with van der Waals surface area (Å²) in [4.78, 5) is 4.17. The molecule has 0 aromatic heterocycles. The third-order valence-electron chi connectivity index (χ3n) is 3.07. The molecule has 0 unspecified atom stereocenters. The highest BCUT2D eigenvalue weighted by molar-refractivity contribution is 14.0. The van der Waals surface area contributed by atoms with Crippen LogP contribution in [0, 0.1) is 0 Å². The maximum atomic E-state index is 5.84. The lowest BCUT2D eigenvalue weighted by Gasteiger charge is -2.15. The van der Waals surface area contributed by atoms with Gasteiger partial charge in [-0.1, -0.05) is 32.6 Å². The van der Waals surface area contributed by atoms with Crippen molar-refractivity contribution in [2.45, 2.75) is 58.0 Å². The maximum Gasteiger partial charge on any atom is 0.188 e. The third-order valence-corrected chi connectivity index (χ3v) is 3.07. The topological polar surface area (TPSA) is 59.6 Å². The van der Waals surface area contributed by atoms with E-state index in [4.69, 9.17) is 10.5 Å². The summed E-state index contributed by atoms with van der Waals surface area (Å²) >= 11 is 0. The molecule has 0 atom stereocenters. The van der Waals surface area contributed by atoms with E-state index in [0.717, 1.165) is 26.1 Å². The Morgan fingerprint density at radius 1 is 1.28 bits per heavy atom. The van der Waals surface area contributed by atoms with Gasteiger partial charge in [0.2, 0.25) is 0 Å². The minimum absolute atomic E-state index is 0. The van der Waals surface area contributed by atoms with Gasteiger partial charge in [0.25, 0.3) is 0 Å². The molecule has 0 aromatic carbocycles. The first-order valence-electron chi connectivity index (χ1n) is 6.98. The molecule has 108 valence electrons. The Morgan fingerprint density at radius 3 is 2.56 bits per heavy atom. The summed E-state index contributed by atoms with van der Waals surface area (Å²) in [6, 6.07) is 0. The van der Waals surface area contributed by atoms with Crippen molar-refractivity contribution in [3.8, 4) is 0 Å². The Morgan fingerprint density at radius 2 is 1.94 bits per heavy atom. The van der Waals surface area contributed by atoms with Gasteiger partial charge < -0.3 is 15.8 Å². The van der Waals surface area contributed by atoms with Crippen molar-refractivity contribution in [3.63, 3.8) is 0 Å². The molecular formula is C13H28IN3O. The highest BCUT2D eigenvalue weighted by Crippen LogP contribution is 2.19. The first-order chi connectivity index (χ1) is 8.33. The van der Waals surface area contributed by atoms with Gasteiger partial charge in [-0.05, 0) is 19.3 Å². The molecule has 4 nitrogen and oxygen atoms in total. The van der Waals surface area contributed by atoms with Crippen LogP contribution in [0.2, 0.25) is 0 Å². The molecule has 1 saturated carbocycles. The van der Waals surface area contributed by atoms with E-state index in [1.807, 2.05) is 0 Å². The van der Waals surface area contributed by atoms with E-state index in [2.05, 4.69) is 17.2 Å². The molecule has 0 heterocycles. The summed E-state index contributed by atoms with van der Waals surface area (Å²) in [5, 5.41) is 3.08. The summed E-state index contributed by atoms with van der Waals surface area (Å²) in [6.07, 6.45) is 9.31. The first kappa shape index (κ1) is 18.0. The number of nitrogens with zero attached hydrogens (tertiary/aromatic N) is 1. The van der Waals surface area contributed by atoms with Gasteiger partial charge in [-0.2, -0.15) is 0 Å². The van der Waals surface area contributed by atoms with Crippen LogP contribution in [0.5, 0.6) is 0 Å². The number of halogens is 1. The van der Waals surface area contributed by atoms with Crippen molar-refractivity contribution in [1.82, 2.24) is 5.32 Å². The van der Waals surface area contributed by atoms with Crippen molar-refractivity contribution in [1.29, 1.82) is 0 Å². The molecule has 0 radical (unpaired) electrons. The van der Waals surface area contributed by atoms with Gasteiger partial charge in [-0.15, -0.1) is 24.0 Å². The number of guanidine groups is 1. The number of nitrogens with two attached hydrogens (primary N) is 1. The predicted molar refractivity (Wildman–Crippen MR) is 87.6 cm³/mol. The molecule has 1 aliphatic rings. The van der Waals surface area contributed by atoms with E-state index >= 15 is 0 Å². The molecule has 0 amide bonds. The van der Waals surface area contributed by atoms with Crippen LogP contribution in [-0.4, -0.2) is 31.8 Å². The fourth-order valence-corrected chi connectivity index (χ4v) is 2.10. The summed E-state index contributed by atoms with van der Waals surface area (Å²) in [6.45, 7) is 4.37. The van der Waals surface area contributed by atoms with E-state index in [1.165, 1.54) is 38.5 Å². The Hall–Kier alpha value is -0.0400. The molecule has 1 rings (SSSR count). The standard InChI is InChI=1S/C13H27N3O.HI/c1-2-9-15-13(14)16-10-11-17-12-7-5-3-4-6-8-12;/h12H,2-11H2,1H3,(H3,14,15,16);1H. The van der Waals surface area contributed by atoms with Crippen molar-refractivity contribution in [2.75, 3.05) is 19.7 Å². The zero-order valence-electron chi connectivity index (χ0n) is 11.5. The second-order valence-electron chi connectivity index (χ2n) is 4.68. The second-order valence-corrected chi connectivity index (χ2v) is 4.68. The van der Waals surface area contributed by atoms with Gasteiger partial charge in [-0.25, -0.2) is 0 Å². The van der Waals surface area contributed by atoms with Crippen LogP contribution in [0.15, 0.2) is 4.99 Å². The van der Waals surface area contributed by atoms with Gasteiger partial charge in [0.05, 0.1) is 12.7 Å². The molecule has 5 heteroatoms. The minimum atomic E-state index is 0. The lowest BCUT2D eigenvalue weighted by Crippen LogP contribution is -2.35.